The molecular formula is C50H53N7O11S2. The topological polar surface area (TPSA) is 238 Å². The number of carbonyl (C=O) groups excluding carboxylic acids is 10. The van der Waals surface area contributed by atoms with Gasteiger partial charge in [-0.1, -0.05) is 57.2 Å². The number of amides is 8. The summed E-state index contributed by atoms with van der Waals surface area (Å²) in [5, 5.41) is 13.3. The minimum absolute atomic E-state index is 0.0629. The van der Waals surface area contributed by atoms with Gasteiger partial charge in [-0.25, -0.2) is 0 Å². The lowest BCUT2D eigenvalue weighted by Crippen LogP contribution is -2.52. The van der Waals surface area contributed by atoms with Crippen molar-refractivity contribution in [3.63, 3.8) is 0 Å². The highest BCUT2D eigenvalue weighted by Gasteiger charge is 2.42. The summed E-state index contributed by atoms with van der Waals surface area (Å²) in [4.78, 5) is 130. The number of Topliss-reactive ketones (excluding diaryl/α,β-unsaturated/α-hetero) is 2. The molecule has 2 aromatic carbocycles. The molecule has 7 heterocycles. The second-order valence-electron chi connectivity index (χ2n) is 18.8. The SMILES string of the molecule is Cc1cc(C(=O)C(=O)NCc2scc3c2CN(C2CCC(=O)NC2=O)C3=O)ccc1C(C)(C)C.O=C1CCC(N2Cc3c(csc3CNC(=O)C(=O)c3ccc(CN4CCOCC4)cc3)C2=O)C(=O)N1. The molecule has 366 valence electrons. The minimum atomic E-state index is -0.718. The number of thiophene rings is 2. The molecule has 2 aromatic heterocycles. The number of fused-ring (bicyclic) bond motifs is 2. The highest BCUT2D eigenvalue weighted by molar-refractivity contribution is 7.10. The highest BCUT2D eigenvalue weighted by atomic mass is 32.1. The maximum Gasteiger partial charge on any atom is 0.292 e. The van der Waals surface area contributed by atoms with Gasteiger partial charge >= 0.3 is 0 Å². The lowest BCUT2D eigenvalue weighted by Gasteiger charge is -2.29. The van der Waals surface area contributed by atoms with Crippen LogP contribution in [0.25, 0.3) is 0 Å². The highest BCUT2D eigenvalue weighted by Crippen LogP contribution is 2.35. The van der Waals surface area contributed by atoms with Crippen LogP contribution in [0.1, 0.15) is 125 Å². The Morgan fingerprint density at radius 1 is 0.686 bits per heavy atom. The van der Waals surface area contributed by atoms with Crippen molar-refractivity contribution in [3.05, 3.63) is 113 Å². The average molecular weight is 992 g/mol. The zero-order chi connectivity index (χ0) is 50.0. The quantitative estimate of drug-likeness (QED) is 0.0908. The molecule has 4 aromatic rings. The molecule has 18 nitrogen and oxygen atoms in total. The normalized spacial score (nSPS) is 19.2. The number of hydrogen-bond acceptors (Lipinski definition) is 14. The first-order valence-corrected chi connectivity index (χ1v) is 24.8. The van der Waals surface area contributed by atoms with E-state index in [1.165, 1.54) is 32.5 Å². The van der Waals surface area contributed by atoms with Crippen LogP contribution in [0.4, 0.5) is 0 Å². The molecule has 9 rings (SSSR count). The third kappa shape index (κ3) is 10.7. The number of benzene rings is 2. The maximum absolute atomic E-state index is 12.8. The second kappa shape index (κ2) is 20.7. The van der Waals surface area contributed by atoms with Crippen LogP contribution in [0, 0.1) is 6.92 Å². The zero-order valence-corrected chi connectivity index (χ0v) is 40.8. The third-order valence-electron chi connectivity index (χ3n) is 13.0. The molecule has 3 saturated heterocycles. The Kier molecular flexibility index (Phi) is 14.7. The molecule has 5 aliphatic heterocycles. The van der Waals surface area contributed by atoms with Crippen LogP contribution < -0.4 is 21.3 Å². The van der Waals surface area contributed by atoms with E-state index in [2.05, 4.69) is 46.9 Å². The Hall–Kier alpha value is -6.74. The lowest BCUT2D eigenvalue weighted by molar-refractivity contribution is -0.138. The molecule has 5 aliphatic rings. The summed E-state index contributed by atoms with van der Waals surface area (Å²) in [5.74, 6) is -4.79. The summed E-state index contributed by atoms with van der Waals surface area (Å²) in [6, 6.07) is 11.0. The summed E-state index contributed by atoms with van der Waals surface area (Å²) in [6.45, 7) is 12.8. The smallest absolute Gasteiger partial charge is 0.292 e. The van der Waals surface area contributed by atoms with Crippen molar-refractivity contribution in [1.29, 1.82) is 0 Å². The van der Waals surface area contributed by atoms with Crippen molar-refractivity contribution in [2.75, 3.05) is 26.3 Å². The molecule has 0 spiro atoms. The predicted octanol–water partition coefficient (Wildman–Crippen LogP) is 3.45. The number of hydrogen-bond donors (Lipinski definition) is 4. The van der Waals surface area contributed by atoms with E-state index in [1.807, 2.05) is 25.1 Å². The Balaban J connectivity index is 0.000000189. The van der Waals surface area contributed by atoms with E-state index in [1.54, 1.807) is 35.0 Å². The van der Waals surface area contributed by atoms with Gasteiger partial charge in [-0.05, 0) is 59.1 Å². The molecule has 0 saturated carbocycles. The summed E-state index contributed by atoms with van der Waals surface area (Å²) < 4.78 is 5.36. The largest absolute Gasteiger partial charge is 0.379 e. The van der Waals surface area contributed by atoms with Crippen LogP contribution in [0.2, 0.25) is 0 Å². The summed E-state index contributed by atoms with van der Waals surface area (Å²) in [5.41, 5.74) is 6.20. The van der Waals surface area contributed by atoms with Crippen LogP contribution >= 0.6 is 22.7 Å². The Labute approximate surface area is 411 Å². The summed E-state index contributed by atoms with van der Waals surface area (Å²) >= 11 is 2.67. The van der Waals surface area contributed by atoms with Gasteiger partial charge in [0.2, 0.25) is 35.2 Å². The first-order chi connectivity index (χ1) is 33.4. The van der Waals surface area contributed by atoms with E-state index in [-0.39, 0.29) is 80.9 Å². The summed E-state index contributed by atoms with van der Waals surface area (Å²) in [6.07, 6.45) is 0.953. The lowest BCUT2D eigenvalue weighted by atomic mass is 9.83. The van der Waals surface area contributed by atoms with Gasteiger partial charge in [0.15, 0.2) is 0 Å². The van der Waals surface area contributed by atoms with Crippen LogP contribution in [0.5, 0.6) is 0 Å². The monoisotopic (exact) mass is 991 g/mol. The number of rotatable bonds is 12. The van der Waals surface area contributed by atoms with E-state index in [9.17, 15) is 47.9 Å². The average Bonchev–Trinajstić information content (AvgIpc) is 4.09. The fourth-order valence-corrected chi connectivity index (χ4v) is 11.2. The molecule has 20 heteroatoms. The number of ether oxygens (including phenoxy) is 1. The van der Waals surface area contributed by atoms with Crippen molar-refractivity contribution in [3.8, 4) is 0 Å². The number of piperidine rings is 2. The molecule has 0 aliphatic carbocycles. The molecular weight excluding hydrogens is 939 g/mol. The van der Waals surface area contributed by atoms with Gasteiger partial charge in [0.25, 0.3) is 23.6 Å². The molecule has 2 unspecified atom stereocenters. The van der Waals surface area contributed by atoms with Crippen molar-refractivity contribution in [1.82, 2.24) is 36.0 Å². The van der Waals surface area contributed by atoms with Crippen LogP contribution in [0.15, 0.2) is 53.2 Å². The molecule has 70 heavy (non-hydrogen) atoms. The van der Waals surface area contributed by atoms with Gasteiger partial charge in [-0.15, -0.1) is 22.7 Å². The number of morpholine rings is 1. The molecule has 3 fully saturated rings. The number of carbonyl (C=O) groups is 10. The van der Waals surface area contributed by atoms with Crippen molar-refractivity contribution >= 4 is 81.5 Å². The van der Waals surface area contributed by atoms with Crippen molar-refractivity contribution < 1.29 is 52.7 Å². The van der Waals surface area contributed by atoms with E-state index in [4.69, 9.17) is 4.74 Å². The number of aryl methyl sites for hydroxylation is 1. The molecule has 8 amide bonds. The van der Waals surface area contributed by atoms with Gasteiger partial charge in [0.1, 0.15) is 12.1 Å². The van der Waals surface area contributed by atoms with E-state index < -0.39 is 47.3 Å². The number of imide groups is 2. The summed E-state index contributed by atoms with van der Waals surface area (Å²) in [7, 11) is 0. The maximum atomic E-state index is 12.8. The minimum Gasteiger partial charge on any atom is -0.379 e. The number of ketones is 2. The zero-order valence-electron chi connectivity index (χ0n) is 39.2. The first kappa shape index (κ1) is 49.7. The fraction of sp³-hybridized carbons (Fsp3) is 0.400. The van der Waals surface area contributed by atoms with Crippen molar-refractivity contribution in [2.45, 2.75) is 104 Å². The number of nitrogens with zero attached hydrogens (tertiary/aromatic N) is 3. The van der Waals surface area contributed by atoms with Crippen LogP contribution in [-0.2, 0) is 71.6 Å². The van der Waals surface area contributed by atoms with Crippen LogP contribution in [-0.4, -0.2) is 112 Å². The van der Waals surface area contributed by atoms with Gasteiger partial charge < -0.3 is 25.2 Å². The Morgan fingerprint density at radius 2 is 1.16 bits per heavy atom. The van der Waals surface area contributed by atoms with E-state index in [0.29, 0.717) is 35.5 Å². The van der Waals surface area contributed by atoms with E-state index >= 15 is 0 Å². The van der Waals surface area contributed by atoms with Gasteiger partial charge in [-0.2, -0.15) is 0 Å². The standard InChI is InChI=1S/C25H26N4O6S.C25H27N3O5S/c30-21-6-5-19(23(32)27-21)29-13-17-18(25(29)34)14-36-20(17)11-26-24(33)22(31)16-3-1-15(2-4-16)12-28-7-9-35-10-8-28;1-13-9-14(5-6-17(13)25(2,3)4)21(30)23(32)26-10-19-15-11-28(24(33)16(15)12-34-19)18-7-8-20(29)27-22(18)31/h1-4,14,19H,5-13H2,(H,26,33)(H,27,30,32);5-6,9,12,18H,7-8,10-11H2,1-4H3,(H,26,32)(H,27,29,31). The van der Waals surface area contributed by atoms with Gasteiger partial charge in [0.05, 0.1) is 37.4 Å². The second-order valence-corrected chi connectivity index (χ2v) is 20.7. The predicted molar refractivity (Wildman–Crippen MR) is 255 cm³/mol. The molecule has 0 bridgehead atoms. The molecule has 4 N–H and O–H groups in total. The van der Waals surface area contributed by atoms with Crippen LogP contribution in [0.3, 0.4) is 0 Å². The van der Waals surface area contributed by atoms with Gasteiger partial charge in [0, 0.05) is 77.2 Å². The first-order valence-electron chi connectivity index (χ1n) is 23.0. The number of nitrogens with one attached hydrogen (secondary N) is 4. The van der Waals surface area contributed by atoms with Gasteiger partial charge in [-0.3, -0.25) is 63.5 Å². The molecule has 0 radical (unpaired) electrons. The Bertz CT molecular complexity index is 2820. The Morgan fingerprint density at radius 3 is 1.61 bits per heavy atom. The van der Waals surface area contributed by atoms with Crippen molar-refractivity contribution in [2.24, 2.45) is 0 Å². The van der Waals surface area contributed by atoms with E-state index in [0.717, 1.165) is 57.2 Å². The third-order valence-corrected chi connectivity index (χ3v) is 15.1. The molecule has 2 atom stereocenters. The fourth-order valence-electron chi connectivity index (χ4n) is 9.27.